The minimum absolute atomic E-state index is 0.0438. The molecule has 0 aliphatic carbocycles. The maximum atomic E-state index is 12.2. The number of carbonyl (C=O) groups is 1. The summed E-state index contributed by atoms with van der Waals surface area (Å²) in [6.45, 7) is 1.25. The van der Waals surface area contributed by atoms with E-state index >= 15 is 0 Å². The average molecular weight is 332 g/mol. The average Bonchev–Trinajstić information content (AvgIpc) is 2.18. The molecule has 0 N–H and O–H groups in total. The first kappa shape index (κ1) is 14.3. The molecule has 1 atom stereocenters. The van der Waals surface area contributed by atoms with Crippen LogP contribution >= 0.6 is 27.5 Å². The summed E-state index contributed by atoms with van der Waals surface area (Å²) in [6.07, 6.45) is -4.86. The minimum atomic E-state index is -4.86. The Labute approximate surface area is 109 Å². The number of hydrogen-bond donors (Lipinski definition) is 0. The Morgan fingerprint density at radius 3 is 2.53 bits per heavy atom. The van der Waals surface area contributed by atoms with Crippen LogP contribution in [0.25, 0.3) is 0 Å². The molecule has 17 heavy (non-hydrogen) atoms. The van der Waals surface area contributed by atoms with Gasteiger partial charge in [-0.1, -0.05) is 39.7 Å². The van der Waals surface area contributed by atoms with E-state index in [0.717, 1.165) is 0 Å². The largest absolute Gasteiger partial charge is 0.573 e. The molecule has 1 aromatic rings. The van der Waals surface area contributed by atoms with Gasteiger partial charge in [0.2, 0.25) is 0 Å². The van der Waals surface area contributed by atoms with Crippen molar-refractivity contribution in [3.8, 4) is 5.75 Å². The molecule has 7 heteroatoms. The zero-order chi connectivity index (χ0) is 13.2. The van der Waals surface area contributed by atoms with Crippen molar-refractivity contribution in [3.05, 3.63) is 28.8 Å². The number of rotatable bonds is 3. The van der Waals surface area contributed by atoms with Crippen LogP contribution in [0.3, 0.4) is 0 Å². The maximum absolute atomic E-state index is 12.2. The number of para-hydroxylation sites is 1. The van der Waals surface area contributed by atoms with Crippen molar-refractivity contribution >= 4 is 33.3 Å². The predicted molar refractivity (Wildman–Crippen MR) is 60.5 cm³/mol. The standard InChI is InChI=1S/C10H7BrClF3O2/c1-5(16)8(11)6-3-2-4-7(12)9(6)17-10(13,14)15/h2-4,8H,1H3. The summed E-state index contributed by atoms with van der Waals surface area (Å²) in [5.74, 6) is -0.905. The van der Waals surface area contributed by atoms with Crippen LogP contribution in [0, 0.1) is 0 Å². The third-order valence-corrected chi connectivity index (χ3v) is 3.28. The number of hydrogen-bond acceptors (Lipinski definition) is 2. The lowest BCUT2D eigenvalue weighted by atomic mass is 10.1. The van der Waals surface area contributed by atoms with Crippen LogP contribution in [0.4, 0.5) is 13.2 Å². The van der Waals surface area contributed by atoms with E-state index in [1.807, 2.05) is 0 Å². The van der Waals surface area contributed by atoms with E-state index in [1.54, 1.807) is 0 Å². The lowest BCUT2D eigenvalue weighted by molar-refractivity contribution is -0.274. The van der Waals surface area contributed by atoms with Crippen molar-refractivity contribution in [3.63, 3.8) is 0 Å². The number of benzene rings is 1. The fraction of sp³-hybridized carbons (Fsp3) is 0.300. The third kappa shape index (κ3) is 3.89. The summed E-state index contributed by atoms with van der Waals surface area (Å²) in [7, 11) is 0. The smallest absolute Gasteiger partial charge is 0.404 e. The molecule has 1 unspecified atom stereocenters. The van der Waals surface area contributed by atoms with Gasteiger partial charge in [-0.2, -0.15) is 0 Å². The first-order chi connectivity index (χ1) is 7.72. The first-order valence-corrected chi connectivity index (χ1v) is 5.70. The number of halogens is 5. The Kier molecular flexibility index (Phi) is 4.43. The van der Waals surface area contributed by atoms with E-state index in [9.17, 15) is 18.0 Å². The molecular weight excluding hydrogens is 324 g/mol. The summed E-state index contributed by atoms with van der Waals surface area (Å²) in [5, 5.41) is -0.203. The van der Waals surface area contributed by atoms with Gasteiger partial charge < -0.3 is 4.74 Å². The zero-order valence-corrected chi connectivity index (χ0v) is 10.9. The summed E-state index contributed by atoms with van der Waals surface area (Å²) in [5.41, 5.74) is 0.0438. The van der Waals surface area contributed by atoms with E-state index < -0.39 is 16.9 Å². The van der Waals surface area contributed by atoms with Gasteiger partial charge in [-0.25, -0.2) is 0 Å². The highest BCUT2D eigenvalue weighted by Gasteiger charge is 2.34. The molecule has 0 saturated carbocycles. The van der Waals surface area contributed by atoms with Gasteiger partial charge in [0.1, 0.15) is 10.6 Å². The van der Waals surface area contributed by atoms with Gasteiger partial charge in [0, 0.05) is 5.56 Å². The summed E-state index contributed by atoms with van der Waals surface area (Å²) in [6, 6.07) is 4.04. The highest BCUT2D eigenvalue weighted by Crippen LogP contribution is 2.39. The number of carbonyl (C=O) groups excluding carboxylic acids is 1. The lowest BCUT2D eigenvalue weighted by Crippen LogP contribution is -2.19. The van der Waals surface area contributed by atoms with E-state index in [4.69, 9.17) is 11.6 Å². The van der Waals surface area contributed by atoms with E-state index in [0.29, 0.717) is 0 Å². The molecule has 0 saturated heterocycles. The number of ether oxygens (including phenoxy) is 1. The Hall–Kier alpha value is -0.750. The summed E-state index contributed by atoms with van der Waals surface area (Å²) >= 11 is 8.61. The van der Waals surface area contributed by atoms with Crippen molar-refractivity contribution < 1.29 is 22.7 Å². The van der Waals surface area contributed by atoms with Gasteiger partial charge >= 0.3 is 6.36 Å². The topological polar surface area (TPSA) is 26.3 Å². The highest BCUT2D eigenvalue weighted by atomic mass is 79.9. The molecule has 0 amide bonds. The molecule has 0 heterocycles. The molecule has 0 spiro atoms. The highest BCUT2D eigenvalue weighted by molar-refractivity contribution is 9.09. The second-order valence-corrected chi connectivity index (χ2v) is 4.50. The number of ketones is 1. The molecule has 1 aromatic carbocycles. The zero-order valence-electron chi connectivity index (χ0n) is 8.52. The number of alkyl halides is 4. The van der Waals surface area contributed by atoms with Crippen molar-refractivity contribution in [1.29, 1.82) is 0 Å². The molecule has 0 aliphatic rings. The van der Waals surface area contributed by atoms with Gasteiger partial charge in [-0.3, -0.25) is 4.79 Å². The Morgan fingerprint density at radius 1 is 1.47 bits per heavy atom. The van der Waals surface area contributed by atoms with Crippen LogP contribution in [-0.2, 0) is 4.79 Å². The minimum Gasteiger partial charge on any atom is -0.404 e. The summed E-state index contributed by atoms with van der Waals surface area (Å²) < 4.78 is 40.4. The maximum Gasteiger partial charge on any atom is 0.573 e. The van der Waals surface area contributed by atoms with Gasteiger partial charge in [0.05, 0.1) is 5.02 Å². The molecule has 0 bridgehead atoms. The molecule has 0 fully saturated rings. The fourth-order valence-electron chi connectivity index (χ4n) is 1.17. The van der Waals surface area contributed by atoms with Gasteiger partial charge in [-0.05, 0) is 13.0 Å². The van der Waals surface area contributed by atoms with Crippen LogP contribution in [0.15, 0.2) is 18.2 Å². The van der Waals surface area contributed by atoms with Crippen LogP contribution in [0.5, 0.6) is 5.75 Å². The SMILES string of the molecule is CC(=O)C(Br)c1cccc(Cl)c1OC(F)(F)F. The number of Topliss-reactive ketones (excluding diaryl/α,β-unsaturated/α-hetero) is 1. The summed E-state index contributed by atoms with van der Waals surface area (Å²) in [4.78, 5) is 10.3. The third-order valence-electron chi connectivity index (χ3n) is 1.85. The van der Waals surface area contributed by atoms with Crippen LogP contribution < -0.4 is 4.74 Å². The molecule has 0 aromatic heterocycles. The molecule has 94 valence electrons. The first-order valence-electron chi connectivity index (χ1n) is 4.41. The van der Waals surface area contributed by atoms with Crippen molar-refractivity contribution in [2.24, 2.45) is 0 Å². The fourth-order valence-corrected chi connectivity index (χ4v) is 1.75. The van der Waals surface area contributed by atoms with Crippen molar-refractivity contribution in [2.45, 2.75) is 18.1 Å². The van der Waals surface area contributed by atoms with Gasteiger partial charge in [-0.15, -0.1) is 13.2 Å². The second kappa shape index (κ2) is 5.27. The van der Waals surface area contributed by atoms with Crippen molar-refractivity contribution in [1.82, 2.24) is 0 Å². The Bertz CT molecular complexity index is 434. The molecule has 0 aliphatic heterocycles. The van der Waals surface area contributed by atoms with Crippen LogP contribution in [-0.4, -0.2) is 12.1 Å². The molecule has 0 radical (unpaired) electrons. The predicted octanol–water partition coefficient (Wildman–Crippen LogP) is 4.26. The van der Waals surface area contributed by atoms with Crippen LogP contribution in [0.2, 0.25) is 5.02 Å². The quantitative estimate of drug-likeness (QED) is 0.774. The van der Waals surface area contributed by atoms with E-state index in [2.05, 4.69) is 20.7 Å². The Morgan fingerprint density at radius 2 is 2.06 bits per heavy atom. The lowest BCUT2D eigenvalue weighted by Gasteiger charge is -2.16. The van der Waals surface area contributed by atoms with E-state index in [1.165, 1.54) is 25.1 Å². The second-order valence-electron chi connectivity index (χ2n) is 3.18. The molecule has 1 rings (SSSR count). The van der Waals surface area contributed by atoms with Crippen LogP contribution in [0.1, 0.15) is 17.3 Å². The van der Waals surface area contributed by atoms with Gasteiger partial charge in [0.15, 0.2) is 5.75 Å². The van der Waals surface area contributed by atoms with Crippen molar-refractivity contribution in [2.75, 3.05) is 0 Å². The van der Waals surface area contributed by atoms with E-state index in [-0.39, 0.29) is 16.4 Å². The van der Waals surface area contributed by atoms with Gasteiger partial charge in [0.25, 0.3) is 0 Å². The molecule has 2 nitrogen and oxygen atoms in total. The normalized spacial score (nSPS) is 13.3. The molecular formula is C10H7BrClF3O2. The Balaban J connectivity index is 3.22. The monoisotopic (exact) mass is 330 g/mol.